The van der Waals surface area contributed by atoms with Crippen molar-refractivity contribution in [1.82, 2.24) is 15.6 Å². The summed E-state index contributed by atoms with van der Waals surface area (Å²) in [5, 5.41) is 24.4. The van der Waals surface area contributed by atoms with Gasteiger partial charge in [0.15, 0.2) is 0 Å². The molecule has 3 atom stereocenters. The molecule has 2 amide bonds. The maximum atomic E-state index is 12.8. The molecule has 178 valence electrons. The lowest BCUT2D eigenvalue weighted by Gasteiger charge is -2.22. The number of carboxylic acids is 2. The number of carboxylic acid groups (broad SMARTS) is 2. The van der Waals surface area contributed by atoms with Crippen LogP contribution in [0.4, 0.5) is 0 Å². The number of benzene rings is 2. The van der Waals surface area contributed by atoms with Crippen LogP contribution in [0.3, 0.4) is 0 Å². The first-order valence-electron chi connectivity index (χ1n) is 10.6. The fourth-order valence-corrected chi connectivity index (χ4v) is 3.62. The van der Waals surface area contributed by atoms with E-state index in [4.69, 9.17) is 5.73 Å². The molecule has 0 fully saturated rings. The summed E-state index contributed by atoms with van der Waals surface area (Å²) in [6.45, 7) is 0. The number of para-hydroxylation sites is 1. The predicted molar refractivity (Wildman–Crippen MR) is 124 cm³/mol. The Balaban J connectivity index is 1.69. The average Bonchev–Trinajstić information content (AvgIpc) is 3.21. The number of hydrogen-bond acceptors (Lipinski definition) is 5. The van der Waals surface area contributed by atoms with Gasteiger partial charge in [0.05, 0.1) is 12.5 Å². The van der Waals surface area contributed by atoms with Crippen molar-refractivity contribution in [3.05, 3.63) is 71.9 Å². The summed E-state index contributed by atoms with van der Waals surface area (Å²) in [7, 11) is 0. The minimum atomic E-state index is -1.49. The third kappa shape index (κ3) is 6.42. The van der Waals surface area contributed by atoms with E-state index in [1.165, 1.54) is 0 Å². The van der Waals surface area contributed by atoms with Crippen molar-refractivity contribution in [2.45, 2.75) is 37.4 Å². The number of carbonyl (C=O) groups excluding carboxylic acids is 2. The largest absolute Gasteiger partial charge is 0.481 e. The van der Waals surface area contributed by atoms with Crippen LogP contribution in [0.5, 0.6) is 0 Å². The Morgan fingerprint density at radius 3 is 2.18 bits per heavy atom. The van der Waals surface area contributed by atoms with Crippen molar-refractivity contribution in [3.8, 4) is 0 Å². The molecule has 1 heterocycles. The molecule has 10 heteroatoms. The average molecular weight is 466 g/mol. The highest BCUT2D eigenvalue weighted by molar-refractivity contribution is 5.94. The quantitative estimate of drug-likeness (QED) is 0.242. The van der Waals surface area contributed by atoms with Crippen LogP contribution in [0.25, 0.3) is 10.9 Å². The molecule has 0 saturated carbocycles. The van der Waals surface area contributed by atoms with Gasteiger partial charge in [-0.2, -0.15) is 0 Å². The SMILES string of the molecule is NC(Cc1ccccc1)C(=O)NC(CC(=O)O)C(=O)NC(Cc1c[nH]c2ccccc12)C(=O)O. The number of rotatable bonds is 11. The molecule has 0 aliphatic heterocycles. The van der Waals surface area contributed by atoms with Crippen LogP contribution in [0.15, 0.2) is 60.8 Å². The second-order valence-electron chi connectivity index (χ2n) is 7.92. The normalized spacial score (nSPS) is 13.6. The second kappa shape index (κ2) is 11.1. The van der Waals surface area contributed by atoms with Crippen molar-refractivity contribution in [3.63, 3.8) is 0 Å². The molecule has 10 nitrogen and oxygen atoms in total. The van der Waals surface area contributed by atoms with E-state index in [1.807, 2.05) is 30.3 Å². The van der Waals surface area contributed by atoms with Crippen LogP contribution < -0.4 is 16.4 Å². The molecule has 0 aliphatic rings. The van der Waals surface area contributed by atoms with E-state index in [9.17, 15) is 29.4 Å². The second-order valence-corrected chi connectivity index (χ2v) is 7.92. The molecule has 3 aromatic rings. The minimum absolute atomic E-state index is 0.0354. The molecule has 34 heavy (non-hydrogen) atoms. The molecular weight excluding hydrogens is 440 g/mol. The number of aromatic amines is 1. The Labute approximate surface area is 195 Å². The van der Waals surface area contributed by atoms with E-state index in [-0.39, 0.29) is 12.8 Å². The van der Waals surface area contributed by atoms with Gasteiger partial charge in [0.1, 0.15) is 12.1 Å². The monoisotopic (exact) mass is 466 g/mol. The van der Waals surface area contributed by atoms with Crippen molar-refractivity contribution >= 4 is 34.7 Å². The molecule has 0 saturated heterocycles. The number of nitrogens with one attached hydrogen (secondary N) is 3. The van der Waals surface area contributed by atoms with Gasteiger partial charge >= 0.3 is 11.9 Å². The molecule has 7 N–H and O–H groups in total. The summed E-state index contributed by atoms with van der Waals surface area (Å²) in [6, 6.07) is 12.4. The number of nitrogens with two attached hydrogens (primary N) is 1. The molecule has 0 bridgehead atoms. The summed E-state index contributed by atoms with van der Waals surface area (Å²) in [5.74, 6) is -4.26. The van der Waals surface area contributed by atoms with Gasteiger partial charge in [0.25, 0.3) is 0 Å². The van der Waals surface area contributed by atoms with E-state index in [0.29, 0.717) is 5.56 Å². The lowest BCUT2D eigenvalue weighted by atomic mass is 10.0. The number of aliphatic carboxylic acids is 2. The highest BCUT2D eigenvalue weighted by Gasteiger charge is 2.30. The van der Waals surface area contributed by atoms with E-state index in [0.717, 1.165) is 16.5 Å². The Morgan fingerprint density at radius 1 is 0.853 bits per heavy atom. The smallest absolute Gasteiger partial charge is 0.326 e. The van der Waals surface area contributed by atoms with Crippen LogP contribution in [0, 0.1) is 0 Å². The number of carbonyl (C=O) groups is 4. The summed E-state index contributed by atoms with van der Waals surface area (Å²) in [6.07, 6.45) is 1.08. The number of aromatic nitrogens is 1. The molecule has 1 aromatic heterocycles. The first kappa shape index (κ1) is 24.5. The van der Waals surface area contributed by atoms with Crippen molar-refractivity contribution in [1.29, 1.82) is 0 Å². The van der Waals surface area contributed by atoms with Crippen LogP contribution >= 0.6 is 0 Å². The number of fused-ring (bicyclic) bond motifs is 1. The standard InChI is InChI=1S/C24H26N4O6/c25-17(10-14-6-2-1-3-7-14)22(31)27-19(12-21(29)30)23(32)28-20(24(33)34)11-15-13-26-18-9-5-4-8-16(15)18/h1-9,13,17,19-20,26H,10-12,25H2,(H,27,31)(H,28,32)(H,29,30)(H,33,34). The maximum absolute atomic E-state index is 12.8. The Hall–Kier alpha value is -4.18. The third-order valence-electron chi connectivity index (χ3n) is 5.36. The predicted octanol–water partition coefficient (Wildman–Crippen LogP) is 0.809. The first-order valence-corrected chi connectivity index (χ1v) is 10.6. The molecule has 0 radical (unpaired) electrons. The molecule has 2 aromatic carbocycles. The zero-order valence-corrected chi connectivity index (χ0v) is 18.2. The van der Waals surface area contributed by atoms with Crippen molar-refractivity contribution in [2.24, 2.45) is 5.73 Å². The fraction of sp³-hybridized carbons (Fsp3) is 0.250. The summed E-state index contributed by atoms with van der Waals surface area (Å²) in [4.78, 5) is 51.5. The number of amides is 2. The highest BCUT2D eigenvalue weighted by atomic mass is 16.4. The van der Waals surface area contributed by atoms with Crippen LogP contribution in [0.2, 0.25) is 0 Å². The molecule has 3 rings (SSSR count). The van der Waals surface area contributed by atoms with Gasteiger partial charge in [0, 0.05) is 23.5 Å². The maximum Gasteiger partial charge on any atom is 0.326 e. The van der Waals surface area contributed by atoms with Crippen molar-refractivity contribution in [2.75, 3.05) is 0 Å². The highest BCUT2D eigenvalue weighted by Crippen LogP contribution is 2.19. The van der Waals surface area contributed by atoms with Gasteiger partial charge in [-0.1, -0.05) is 48.5 Å². The summed E-state index contributed by atoms with van der Waals surface area (Å²) in [5.41, 5.74) is 8.22. The van der Waals surface area contributed by atoms with E-state index in [1.54, 1.807) is 30.5 Å². The van der Waals surface area contributed by atoms with Gasteiger partial charge in [-0.15, -0.1) is 0 Å². The van der Waals surface area contributed by atoms with Gasteiger partial charge in [-0.25, -0.2) is 4.79 Å². The molecule has 3 unspecified atom stereocenters. The number of H-pyrrole nitrogens is 1. The summed E-state index contributed by atoms with van der Waals surface area (Å²) >= 11 is 0. The zero-order valence-electron chi connectivity index (χ0n) is 18.2. The van der Waals surface area contributed by atoms with Crippen LogP contribution in [-0.2, 0) is 32.0 Å². The van der Waals surface area contributed by atoms with Gasteiger partial charge in [-0.05, 0) is 23.6 Å². The van der Waals surface area contributed by atoms with Crippen LogP contribution in [-0.4, -0.2) is 57.1 Å². The topological polar surface area (TPSA) is 175 Å². The van der Waals surface area contributed by atoms with Crippen molar-refractivity contribution < 1.29 is 29.4 Å². The lowest BCUT2D eigenvalue weighted by Crippen LogP contribution is -2.55. The van der Waals surface area contributed by atoms with Gasteiger partial charge in [-0.3, -0.25) is 14.4 Å². The van der Waals surface area contributed by atoms with E-state index in [2.05, 4.69) is 15.6 Å². The molecular formula is C24H26N4O6. The third-order valence-corrected chi connectivity index (χ3v) is 5.36. The van der Waals surface area contributed by atoms with Gasteiger partial charge in [0.2, 0.25) is 11.8 Å². The van der Waals surface area contributed by atoms with E-state index < -0.39 is 48.3 Å². The Morgan fingerprint density at radius 2 is 1.50 bits per heavy atom. The van der Waals surface area contributed by atoms with Gasteiger partial charge < -0.3 is 31.6 Å². The minimum Gasteiger partial charge on any atom is -0.481 e. The molecule has 0 spiro atoms. The molecule has 0 aliphatic carbocycles. The Bertz CT molecular complexity index is 1180. The Kier molecular flexibility index (Phi) is 7.99. The fourth-order valence-electron chi connectivity index (χ4n) is 3.62. The summed E-state index contributed by atoms with van der Waals surface area (Å²) < 4.78 is 0. The first-order chi connectivity index (χ1) is 16.2. The zero-order chi connectivity index (χ0) is 24.7. The lowest BCUT2D eigenvalue weighted by molar-refractivity contribution is -0.143. The van der Waals surface area contributed by atoms with Crippen LogP contribution in [0.1, 0.15) is 17.5 Å². The van der Waals surface area contributed by atoms with E-state index >= 15 is 0 Å². The number of hydrogen-bond donors (Lipinski definition) is 6.